The van der Waals surface area contributed by atoms with Gasteiger partial charge in [-0.25, -0.2) is 0 Å². The van der Waals surface area contributed by atoms with Crippen molar-refractivity contribution in [2.24, 2.45) is 30.2 Å². The molecule has 4 saturated carbocycles. The largest absolute Gasteiger partial charge is 0.350 e. The molecule has 5 rings (SSSR count). The second-order valence-electron chi connectivity index (χ2n) is 8.29. The zero-order valence-electron chi connectivity index (χ0n) is 14.2. The zero-order valence-corrected chi connectivity index (χ0v) is 14.2. The summed E-state index contributed by atoms with van der Waals surface area (Å²) in [6, 6.07) is 0.280. The zero-order chi connectivity index (χ0) is 16.0. The molecule has 4 bridgehead atoms. The Morgan fingerprint density at radius 3 is 2.43 bits per heavy atom. The monoisotopic (exact) mass is 313 g/mol. The molecule has 0 aliphatic heterocycles. The van der Waals surface area contributed by atoms with Gasteiger partial charge < -0.3 is 5.32 Å². The smallest absolute Gasteiger partial charge is 0.244 e. The van der Waals surface area contributed by atoms with Crippen LogP contribution in [0.4, 0.5) is 0 Å². The van der Waals surface area contributed by atoms with Crippen molar-refractivity contribution >= 4 is 12.0 Å². The number of carbonyl (C=O) groups is 1. The van der Waals surface area contributed by atoms with Crippen molar-refractivity contribution in [2.75, 3.05) is 0 Å². The molecular weight excluding hydrogens is 286 g/mol. The number of nitrogens with one attached hydrogen (secondary N) is 1. The number of hydrogen-bond donors (Lipinski definition) is 1. The van der Waals surface area contributed by atoms with Crippen LogP contribution in [0.25, 0.3) is 6.08 Å². The van der Waals surface area contributed by atoms with Crippen LogP contribution in [0.3, 0.4) is 0 Å². The Labute approximate surface area is 138 Å². The van der Waals surface area contributed by atoms with E-state index >= 15 is 0 Å². The van der Waals surface area contributed by atoms with Crippen molar-refractivity contribution in [2.45, 2.75) is 51.5 Å². The van der Waals surface area contributed by atoms with Gasteiger partial charge >= 0.3 is 0 Å². The first-order valence-corrected chi connectivity index (χ1v) is 9.00. The molecule has 4 aliphatic carbocycles. The first-order valence-electron chi connectivity index (χ1n) is 9.00. The molecule has 124 valence electrons. The van der Waals surface area contributed by atoms with Crippen molar-refractivity contribution in [3.05, 3.63) is 24.0 Å². The van der Waals surface area contributed by atoms with Crippen LogP contribution in [0.2, 0.25) is 0 Å². The van der Waals surface area contributed by atoms with E-state index in [-0.39, 0.29) is 11.9 Å². The maximum atomic E-state index is 12.3. The van der Waals surface area contributed by atoms with Gasteiger partial charge in [0.1, 0.15) is 0 Å². The minimum atomic E-state index is 0.0251. The van der Waals surface area contributed by atoms with Gasteiger partial charge in [-0.3, -0.25) is 9.48 Å². The van der Waals surface area contributed by atoms with E-state index in [1.165, 1.54) is 38.5 Å². The van der Waals surface area contributed by atoms with Crippen LogP contribution < -0.4 is 5.32 Å². The fourth-order valence-corrected chi connectivity index (χ4v) is 5.82. The molecule has 4 fully saturated rings. The second kappa shape index (κ2) is 5.50. The van der Waals surface area contributed by atoms with Crippen LogP contribution in [-0.2, 0) is 11.8 Å². The third kappa shape index (κ3) is 2.84. The molecule has 1 N–H and O–H groups in total. The summed E-state index contributed by atoms with van der Waals surface area (Å²) >= 11 is 0. The molecule has 4 nitrogen and oxygen atoms in total. The van der Waals surface area contributed by atoms with Crippen molar-refractivity contribution in [3.8, 4) is 0 Å². The van der Waals surface area contributed by atoms with Gasteiger partial charge in [0.15, 0.2) is 0 Å². The summed E-state index contributed by atoms with van der Waals surface area (Å²) in [4.78, 5) is 12.3. The van der Waals surface area contributed by atoms with Crippen LogP contribution in [0, 0.1) is 23.2 Å². The molecule has 0 saturated heterocycles. The lowest BCUT2D eigenvalue weighted by Gasteiger charge is -2.59. The van der Waals surface area contributed by atoms with Gasteiger partial charge in [-0.15, -0.1) is 0 Å². The number of aryl methyl sites for hydroxylation is 1. The predicted octanol–water partition coefficient (Wildman–Crippen LogP) is 3.15. The number of aromatic nitrogens is 2. The minimum absolute atomic E-state index is 0.0251. The number of hydrogen-bond acceptors (Lipinski definition) is 2. The molecule has 0 aromatic carbocycles. The molecule has 4 aliphatic rings. The molecule has 1 unspecified atom stereocenters. The highest BCUT2D eigenvalue weighted by Gasteiger charge is 2.53. The highest BCUT2D eigenvalue weighted by atomic mass is 16.1. The SMILES string of the molecule is CC(NC(=O)/C=C/c1cnn(C)c1)C12CC3CC(CC(C3)C1)C2. The van der Waals surface area contributed by atoms with E-state index in [2.05, 4.69) is 17.3 Å². The highest BCUT2D eigenvalue weighted by molar-refractivity contribution is 5.91. The Balaban J connectivity index is 1.40. The molecule has 1 aromatic heterocycles. The minimum Gasteiger partial charge on any atom is -0.350 e. The lowest BCUT2D eigenvalue weighted by atomic mass is 9.48. The van der Waals surface area contributed by atoms with Crippen molar-refractivity contribution in [1.82, 2.24) is 15.1 Å². The Morgan fingerprint density at radius 2 is 1.91 bits per heavy atom. The quantitative estimate of drug-likeness (QED) is 0.868. The average Bonchev–Trinajstić information content (AvgIpc) is 2.89. The van der Waals surface area contributed by atoms with E-state index in [1.807, 2.05) is 19.3 Å². The van der Waals surface area contributed by atoms with Crippen LogP contribution in [0.1, 0.15) is 51.0 Å². The summed E-state index contributed by atoms with van der Waals surface area (Å²) in [6.07, 6.45) is 15.5. The predicted molar refractivity (Wildman–Crippen MR) is 90.5 cm³/mol. The van der Waals surface area contributed by atoms with E-state index in [1.54, 1.807) is 17.0 Å². The molecule has 4 heteroatoms. The van der Waals surface area contributed by atoms with Gasteiger partial charge in [0.2, 0.25) is 5.91 Å². The number of amides is 1. The summed E-state index contributed by atoms with van der Waals surface area (Å²) < 4.78 is 1.75. The van der Waals surface area contributed by atoms with Crippen LogP contribution in [0.5, 0.6) is 0 Å². The molecular formula is C19H27N3O. The Morgan fingerprint density at radius 1 is 1.30 bits per heavy atom. The third-order valence-electron chi connectivity index (χ3n) is 6.51. The number of carbonyl (C=O) groups excluding carboxylic acids is 1. The lowest BCUT2D eigenvalue weighted by molar-refractivity contribution is -0.121. The van der Waals surface area contributed by atoms with Gasteiger partial charge in [-0.05, 0) is 74.7 Å². The standard InChI is InChI=1S/C19H27N3O/c1-13(21-18(23)4-3-14-11-20-22(2)12-14)19-8-15-5-16(9-19)7-17(6-15)10-19/h3-4,11-13,15-17H,5-10H2,1-2H3,(H,21,23)/b4-3+. The maximum absolute atomic E-state index is 12.3. The van der Waals surface area contributed by atoms with E-state index < -0.39 is 0 Å². The Bertz CT molecular complexity index is 595. The van der Waals surface area contributed by atoms with Gasteiger partial charge in [-0.2, -0.15) is 5.10 Å². The lowest BCUT2D eigenvalue weighted by Crippen LogP contribution is -2.55. The van der Waals surface area contributed by atoms with Crippen LogP contribution >= 0.6 is 0 Å². The van der Waals surface area contributed by atoms with Gasteiger partial charge in [0.25, 0.3) is 0 Å². The first kappa shape index (κ1) is 15.0. The van der Waals surface area contributed by atoms with E-state index in [0.717, 1.165) is 23.3 Å². The van der Waals surface area contributed by atoms with Gasteiger partial charge in [0.05, 0.1) is 6.20 Å². The summed E-state index contributed by atoms with van der Waals surface area (Å²) in [5.41, 5.74) is 1.33. The Hall–Kier alpha value is -1.58. The van der Waals surface area contributed by atoms with E-state index in [9.17, 15) is 4.79 Å². The first-order chi connectivity index (χ1) is 11.0. The van der Waals surface area contributed by atoms with E-state index in [0.29, 0.717) is 5.41 Å². The second-order valence-corrected chi connectivity index (χ2v) is 8.29. The van der Waals surface area contributed by atoms with Crippen molar-refractivity contribution in [1.29, 1.82) is 0 Å². The van der Waals surface area contributed by atoms with Crippen molar-refractivity contribution < 1.29 is 4.79 Å². The van der Waals surface area contributed by atoms with Crippen LogP contribution in [-0.4, -0.2) is 21.7 Å². The molecule has 23 heavy (non-hydrogen) atoms. The summed E-state index contributed by atoms with van der Waals surface area (Å²) in [5, 5.41) is 7.38. The van der Waals surface area contributed by atoms with Gasteiger partial charge in [0, 0.05) is 30.9 Å². The summed E-state index contributed by atoms with van der Waals surface area (Å²) in [6.45, 7) is 2.23. The average molecular weight is 313 g/mol. The molecule has 1 atom stereocenters. The molecule has 1 amide bonds. The fourth-order valence-electron chi connectivity index (χ4n) is 5.82. The normalized spacial score (nSPS) is 36.5. The number of rotatable bonds is 4. The van der Waals surface area contributed by atoms with Crippen molar-refractivity contribution in [3.63, 3.8) is 0 Å². The molecule has 0 spiro atoms. The van der Waals surface area contributed by atoms with Crippen LogP contribution in [0.15, 0.2) is 18.5 Å². The topological polar surface area (TPSA) is 46.9 Å². The molecule has 1 aromatic rings. The highest BCUT2D eigenvalue weighted by Crippen LogP contribution is 2.61. The molecule has 0 radical (unpaired) electrons. The summed E-state index contributed by atoms with van der Waals surface area (Å²) in [5.74, 6) is 2.79. The summed E-state index contributed by atoms with van der Waals surface area (Å²) in [7, 11) is 1.88. The fraction of sp³-hybridized carbons (Fsp3) is 0.684. The van der Waals surface area contributed by atoms with E-state index in [4.69, 9.17) is 0 Å². The van der Waals surface area contributed by atoms with Gasteiger partial charge in [-0.1, -0.05) is 0 Å². The Kier molecular flexibility index (Phi) is 3.58. The third-order valence-corrected chi connectivity index (χ3v) is 6.51. The molecule has 1 heterocycles. The number of nitrogens with zero attached hydrogens (tertiary/aromatic N) is 2. The maximum Gasteiger partial charge on any atom is 0.244 e.